The summed E-state index contributed by atoms with van der Waals surface area (Å²) in [5.41, 5.74) is 0.444. The van der Waals surface area contributed by atoms with Gasteiger partial charge in [0.15, 0.2) is 0 Å². The lowest BCUT2D eigenvalue weighted by molar-refractivity contribution is -0.130. The fraction of sp³-hybridized carbons (Fsp3) is 0.357. The van der Waals surface area contributed by atoms with Crippen LogP contribution < -0.4 is 10.6 Å². The summed E-state index contributed by atoms with van der Waals surface area (Å²) in [6, 6.07) is 6.42. The van der Waals surface area contributed by atoms with Crippen molar-refractivity contribution in [2.45, 2.75) is 6.42 Å². The van der Waals surface area contributed by atoms with Crippen molar-refractivity contribution in [3.8, 4) is 0 Å². The van der Waals surface area contributed by atoms with Crippen LogP contribution in [0.3, 0.4) is 0 Å². The first-order valence-corrected chi connectivity index (χ1v) is 7.02. The van der Waals surface area contributed by atoms with Crippen LogP contribution in [0.4, 0.5) is 0 Å². The number of amides is 3. The van der Waals surface area contributed by atoms with Crippen LogP contribution in [0.1, 0.15) is 16.8 Å². The first-order chi connectivity index (χ1) is 10.1. The molecule has 0 spiro atoms. The number of hydrogen-bond acceptors (Lipinski definition) is 3. The van der Waals surface area contributed by atoms with Crippen molar-refractivity contribution >= 4 is 29.3 Å². The molecule has 1 aliphatic rings. The maximum absolute atomic E-state index is 12.0. The molecule has 0 unspecified atom stereocenters. The summed E-state index contributed by atoms with van der Waals surface area (Å²) in [5, 5.41) is 5.81. The van der Waals surface area contributed by atoms with Gasteiger partial charge < -0.3 is 15.5 Å². The van der Waals surface area contributed by atoms with Gasteiger partial charge in [-0.1, -0.05) is 11.6 Å². The summed E-state index contributed by atoms with van der Waals surface area (Å²) in [7, 11) is 0. The van der Waals surface area contributed by atoms with E-state index in [-0.39, 0.29) is 30.7 Å². The second-order valence-corrected chi connectivity index (χ2v) is 5.11. The molecule has 1 aromatic rings. The first kappa shape index (κ1) is 15.3. The number of nitrogens with zero attached hydrogens (tertiary/aromatic N) is 1. The maximum Gasteiger partial charge on any atom is 0.251 e. The van der Waals surface area contributed by atoms with Gasteiger partial charge in [0.1, 0.15) is 0 Å². The molecule has 0 aromatic heterocycles. The van der Waals surface area contributed by atoms with Crippen LogP contribution in [-0.4, -0.2) is 48.8 Å². The molecule has 1 saturated heterocycles. The Balaban J connectivity index is 1.84. The smallest absolute Gasteiger partial charge is 0.251 e. The third-order valence-corrected chi connectivity index (χ3v) is 3.42. The zero-order valence-corrected chi connectivity index (χ0v) is 12.2. The minimum absolute atomic E-state index is 0.0597. The Kier molecular flexibility index (Phi) is 5.16. The van der Waals surface area contributed by atoms with Gasteiger partial charge in [0.05, 0.1) is 6.54 Å². The van der Waals surface area contributed by atoms with Gasteiger partial charge in [-0.05, 0) is 24.3 Å². The number of nitrogens with one attached hydrogen (secondary N) is 2. The average Bonchev–Trinajstić information content (AvgIpc) is 2.70. The van der Waals surface area contributed by atoms with E-state index in [2.05, 4.69) is 10.6 Å². The molecule has 6 nitrogen and oxygen atoms in total. The number of rotatable bonds is 3. The minimum Gasteiger partial charge on any atom is -0.354 e. The van der Waals surface area contributed by atoms with Gasteiger partial charge in [-0.3, -0.25) is 14.4 Å². The third-order valence-electron chi connectivity index (χ3n) is 3.17. The number of hydrogen-bond donors (Lipinski definition) is 2. The van der Waals surface area contributed by atoms with Crippen LogP contribution in [0.2, 0.25) is 5.02 Å². The highest BCUT2D eigenvalue weighted by molar-refractivity contribution is 6.30. The topological polar surface area (TPSA) is 78.5 Å². The molecule has 0 radical (unpaired) electrons. The highest BCUT2D eigenvalue weighted by atomic mass is 35.5. The van der Waals surface area contributed by atoms with Gasteiger partial charge >= 0.3 is 0 Å². The minimum atomic E-state index is -0.330. The molecular weight excluding hydrogens is 294 g/mol. The normalized spacial score (nSPS) is 15.1. The molecule has 0 atom stereocenters. The molecule has 3 amide bonds. The molecule has 1 aliphatic heterocycles. The van der Waals surface area contributed by atoms with Gasteiger partial charge in [-0.2, -0.15) is 0 Å². The Morgan fingerprint density at radius 2 is 1.95 bits per heavy atom. The van der Waals surface area contributed by atoms with E-state index in [1.54, 1.807) is 29.2 Å². The van der Waals surface area contributed by atoms with Crippen LogP contribution >= 0.6 is 11.6 Å². The van der Waals surface area contributed by atoms with E-state index in [0.717, 1.165) is 0 Å². The predicted octanol–water partition coefficient (Wildman–Crippen LogP) is 0.418. The Labute approximate surface area is 127 Å². The molecule has 0 saturated carbocycles. The van der Waals surface area contributed by atoms with Gasteiger partial charge in [0.2, 0.25) is 11.8 Å². The van der Waals surface area contributed by atoms with Crippen LogP contribution in [0.5, 0.6) is 0 Å². The standard InChI is InChI=1S/C14H16ClN3O3/c15-11-3-1-10(2-4-11)14(21)17-9-13(20)18-7-5-12(19)16-6-8-18/h1-4H,5-9H2,(H,16,19)(H,17,21). The Morgan fingerprint density at radius 3 is 2.67 bits per heavy atom. The van der Waals surface area contributed by atoms with E-state index < -0.39 is 0 Å². The summed E-state index contributed by atoms with van der Waals surface area (Å²) >= 11 is 5.75. The Morgan fingerprint density at radius 1 is 1.24 bits per heavy atom. The van der Waals surface area contributed by atoms with E-state index >= 15 is 0 Å². The maximum atomic E-state index is 12.0. The predicted molar refractivity (Wildman–Crippen MR) is 78.0 cm³/mol. The van der Waals surface area contributed by atoms with Gasteiger partial charge in [-0.15, -0.1) is 0 Å². The summed E-state index contributed by atoms with van der Waals surface area (Å²) in [4.78, 5) is 36.6. The largest absolute Gasteiger partial charge is 0.354 e. The van der Waals surface area contributed by atoms with E-state index in [1.807, 2.05) is 0 Å². The Hall–Kier alpha value is -2.08. The molecule has 0 aliphatic carbocycles. The fourth-order valence-electron chi connectivity index (χ4n) is 1.99. The lowest BCUT2D eigenvalue weighted by atomic mass is 10.2. The molecule has 1 heterocycles. The third kappa shape index (κ3) is 4.46. The van der Waals surface area contributed by atoms with E-state index in [0.29, 0.717) is 30.2 Å². The van der Waals surface area contributed by atoms with Crippen molar-refractivity contribution in [2.24, 2.45) is 0 Å². The second kappa shape index (κ2) is 7.08. The lowest BCUT2D eigenvalue weighted by Gasteiger charge is -2.19. The van der Waals surface area contributed by atoms with Crippen molar-refractivity contribution in [1.29, 1.82) is 0 Å². The van der Waals surface area contributed by atoms with Crippen molar-refractivity contribution in [3.05, 3.63) is 34.9 Å². The molecule has 7 heteroatoms. The summed E-state index contributed by atoms with van der Waals surface area (Å²) in [6.45, 7) is 1.19. The lowest BCUT2D eigenvalue weighted by Crippen LogP contribution is -2.41. The molecular formula is C14H16ClN3O3. The zero-order valence-electron chi connectivity index (χ0n) is 11.4. The first-order valence-electron chi connectivity index (χ1n) is 6.64. The summed E-state index contributed by atoms with van der Waals surface area (Å²) in [5.74, 6) is -0.589. The van der Waals surface area contributed by atoms with Gasteiger partial charge in [0.25, 0.3) is 5.91 Å². The highest BCUT2D eigenvalue weighted by Crippen LogP contribution is 2.09. The van der Waals surface area contributed by atoms with Crippen LogP contribution in [-0.2, 0) is 9.59 Å². The molecule has 0 bridgehead atoms. The fourth-order valence-corrected chi connectivity index (χ4v) is 2.11. The van der Waals surface area contributed by atoms with Crippen molar-refractivity contribution in [1.82, 2.24) is 15.5 Å². The van der Waals surface area contributed by atoms with E-state index in [1.165, 1.54) is 0 Å². The molecule has 1 aromatic carbocycles. The van der Waals surface area contributed by atoms with Crippen molar-refractivity contribution in [2.75, 3.05) is 26.2 Å². The number of carbonyl (C=O) groups excluding carboxylic acids is 3. The van der Waals surface area contributed by atoms with Gasteiger partial charge in [0, 0.05) is 36.6 Å². The molecule has 2 N–H and O–H groups in total. The molecule has 21 heavy (non-hydrogen) atoms. The SMILES string of the molecule is O=C1CCN(C(=O)CNC(=O)c2ccc(Cl)cc2)CCN1. The van der Waals surface area contributed by atoms with E-state index in [4.69, 9.17) is 11.6 Å². The number of carbonyl (C=O) groups is 3. The summed E-state index contributed by atoms with van der Waals surface area (Å²) < 4.78 is 0. The van der Waals surface area contributed by atoms with Crippen molar-refractivity contribution in [3.63, 3.8) is 0 Å². The van der Waals surface area contributed by atoms with Crippen LogP contribution in [0.15, 0.2) is 24.3 Å². The number of benzene rings is 1. The molecule has 1 fully saturated rings. The van der Waals surface area contributed by atoms with Gasteiger partial charge in [-0.25, -0.2) is 0 Å². The van der Waals surface area contributed by atoms with Crippen molar-refractivity contribution < 1.29 is 14.4 Å². The highest BCUT2D eigenvalue weighted by Gasteiger charge is 2.18. The molecule has 112 valence electrons. The quantitative estimate of drug-likeness (QED) is 0.849. The van der Waals surface area contributed by atoms with Crippen LogP contribution in [0.25, 0.3) is 0 Å². The second-order valence-electron chi connectivity index (χ2n) is 4.67. The van der Waals surface area contributed by atoms with E-state index in [9.17, 15) is 14.4 Å². The molecule has 2 rings (SSSR count). The van der Waals surface area contributed by atoms with Crippen LogP contribution in [0, 0.1) is 0 Å². The zero-order chi connectivity index (χ0) is 15.2. The summed E-state index contributed by atoms with van der Waals surface area (Å²) in [6.07, 6.45) is 0.289. The Bertz CT molecular complexity index is 545. The monoisotopic (exact) mass is 309 g/mol. The number of halogens is 1. The average molecular weight is 310 g/mol.